The summed E-state index contributed by atoms with van der Waals surface area (Å²) in [5, 5.41) is 4.09. The van der Waals surface area contributed by atoms with E-state index in [1.165, 1.54) is 7.11 Å². The number of para-hydroxylation sites is 1. The number of aromatic nitrogens is 1. The van der Waals surface area contributed by atoms with Gasteiger partial charge in [0.2, 0.25) is 0 Å². The Morgan fingerprint density at radius 2 is 1.38 bits per heavy atom. The molecule has 7 nitrogen and oxygen atoms in total. The molecule has 1 heterocycles. The fourth-order valence-electron chi connectivity index (χ4n) is 5.55. The lowest BCUT2D eigenvalue weighted by molar-refractivity contribution is -0.149. The number of fused-ring (bicyclic) bond motifs is 1. The molecule has 5 rings (SSSR count). The highest BCUT2D eigenvalue weighted by Crippen LogP contribution is 2.42. The first-order valence-corrected chi connectivity index (χ1v) is 13.7. The van der Waals surface area contributed by atoms with Crippen LogP contribution >= 0.6 is 0 Å². The Kier molecular flexibility index (Phi) is 8.29. The number of hydrogen-bond donors (Lipinski definition) is 1. The second-order valence-corrected chi connectivity index (χ2v) is 10.1. The van der Waals surface area contributed by atoms with Crippen LogP contribution in [0.1, 0.15) is 39.9 Å². The molecule has 42 heavy (non-hydrogen) atoms. The van der Waals surface area contributed by atoms with Gasteiger partial charge in [-0.25, -0.2) is 4.79 Å². The Morgan fingerprint density at radius 1 is 0.786 bits per heavy atom. The minimum absolute atomic E-state index is 0.385. The molecule has 0 saturated carbocycles. The molecule has 0 aliphatic rings. The van der Waals surface area contributed by atoms with Crippen molar-refractivity contribution in [3.63, 3.8) is 0 Å². The van der Waals surface area contributed by atoms with Gasteiger partial charge in [-0.05, 0) is 59.2 Å². The van der Waals surface area contributed by atoms with Crippen LogP contribution < -0.4 is 14.8 Å². The molecule has 5 aromatic rings. The smallest absolute Gasteiger partial charge is 0.336 e. The first-order valence-electron chi connectivity index (χ1n) is 13.7. The van der Waals surface area contributed by atoms with Crippen LogP contribution in [0.5, 0.6) is 11.5 Å². The molecule has 1 amide bonds. The molecule has 2 atom stereocenters. The van der Waals surface area contributed by atoms with Crippen LogP contribution in [0.3, 0.4) is 0 Å². The lowest BCUT2D eigenvalue weighted by atomic mass is 9.75. The molecule has 0 spiro atoms. The molecule has 0 radical (unpaired) electrons. The van der Waals surface area contributed by atoms with Crippen molar-refractivity contribution in [3.05, 3.63) is 132 Å². The van der Waals surface area contributed by atoms with E-state index in [1.807, 2.05) is 43.3 Å². The van der Waals surface area contributed by atoms with E-state index in [1.54, 1.807) is 62.8 Å². The van der Waals surface area contributed by atoms with Crippen molar-refractivity contribution < 1.29 is 23.8 Å². The van der Waals surface area contributed by atoms with E-state index < -0.39 is 23.3 Å². The molecular weight excluding hydrogens is 528 g/mol. The number of methoxy groups -OCH3 is 3. The molecule has 0 bridgehead atoms. The van der Waals surface area contributed by atoms with Crippen LogP contribution in [0.2, 0.25) is 0 Å². The minimum atomic E-state index is -1.57. The van der Waals surface area contributed by atoms with Crippen LogP contribution in [-0.4, -0.2) is 37.8 Å². The maximum absolute atomic E-state index is 14.0. The predicted octanol–water partition coefficient (Wildman–Crippen LogP) is 6.31. The topological polar surface area (TPSA) is 78.8 Å². The number of nitrogens with one attached hydrogen (secondary N) is 1. The third-order valence-electron chi connectivity index (χ3n) is 7.85. The van der Waals surface area contributed by atoms with Crippen molar-refractivity contribution in [1.82, 2.24) is 9.88 Å². The van der Waals surface area contributed by atoms with Crippen LogP contribution in [-0.2, 0) is 21.6 Å². The second-order valence-electron chi connectivity index (χ2n) is 10.1. The van der Waals surface area contributed by atoms with E-state index in [9.17, 15) is 9.59 Å². The first-order chi connectivity index (χ1) is 20.4. The van der Waals surface area contributed by atoms with Gasteiger partial charge in [0.15, 0.2) is 5.54 Å². The molecule has 0 unspecified atom stereocenters. The SMILES string of the molecule is COC(=O)[C@@](NC(=O)c1ccc(OC)cc1)(c1ccc(OC)cc1)[C@@H](C)c1cn(Cc2ccccc2)c2ccccc12. The summed E-state index contributed by atoms with van der Waals surface area (Å²) >= 11 is 0. The van der Waals surface area contributed by atoms with E-state index in [0.717, 1.165) is 22.0 Å². The van der Waals surface area contributed by atoms with Gasteiger partial charge in [0.05, 0.1) is 21.3 Å². The first kappa shape index (κ1) is 28.5. The fraction of sp³-hybridized carbons (Fsp3) is 0.200. The number of rotatable bonds is 10. The number of hydrogen-bond acceptors (Lipinski definition) is 5. The summed E-state index contributed by atoms with van der Waals surface area (Å²) in [5.41, 5.74) is 2.47. The van der Waals surface area contributed by atoms with Gasteiger partial charge < -0.3 is 24.1 Å². The third kappa shape index (κ3) is 5.33. The Bertz CT molecular complexity index is 1680. The van der Waals surface area contributed by atoms with Crippen LogP contribution in [0.25, 0.3) is 10.9 Å². The monoisotopic (exact) mass is 562 g/mol. The molecule has 0 aliphatic heterocycles. The average Bonchev–Trinajstić information content (AvgIpc) is 3.41. The van der Waals surface area contributed by atoms with Crippen LogP contribution in [0.4, 0.5) is 0 Å². The molecule has 0 fully saturated rings. The van der Waals surface area contributed by atoms with E-state index in [4.69, 9.17) is 14.2 Å². The summed E-state index contributed by atoms with van der Waals surface area (Å²) in [5.74, 6) is -0.283. The largest absolute Gasteiger partial charge is 0.497 e. The fourth-order valence-corrected chi connectivity index (χ4v) is 5.55. The molecule has 1 aromatic heterocycles. The number of carbonyl (C=O) groups excluding carboxylic acids is 2. The zero-order valence-electron chi connectivity index (χ0n) is 24.2. The number of amides is 1. The number of benzene rings is 4. The average molecular weight is 563 g/mol. The number of esters is 1. The highest BCUT2D eigenvalue weighted by Gasteiger charge is 2.49. The van der Waals surface area contributed by atoms with Crippen molar-refractivity contribution in [2.24, 2.45) is 0 Å². The summed E-state index contributed by atoms with van der Waals surface area (Å²) in [6.07, 6.45) is 2.07. The quantitative estimate of drug-likeness (QED) is 0.202. The van der Waals surface area contributed by atoms with Gasteiger partial charge in [-0.15, -0.1) is 0 Å². The van der Waals surface area contributed by atoms with Gasteiger partial charge in [0.1, 0.15) is 11.5 Å². The summed E-state index contributed by atoms with van der Waals surface area (Å²) in [7, 11) is 4.49. The van der Waals surface area contributed by atoms with E-state index >= 15 is 0 Å². The van der Waals surface area contributed by atoms with Crippen molar-refractivity contribution in [2.75, 3.05) is 21.3 Å². The Hall–Kier alpha value is -5.04. The van der Waals surface area contributed by atoms with E-state index in [2.05, 4.69) is 34.3 Å². The van der Waals surface area contributed by atoms with Gasteiger partial charge in [-0.2, -0.15) is 0 Å². The van der Waals surface area contributed by atoms with Crippen LogP contribution in [0, 0.1) is 0 Å². The second kappa shape index (κ2) is 12.2. The third-order valence-corrected chi connectivity index (χ3v) is 7.85. The summed E-state index contributed by atoms with van der Waals surface area (Å²) in [4.78, 5) is 27.8. The van der Waals surface area contributed by atoms with Gasteiger partial charge >= 0.3 is 5.97 Å². The molecule has 1 N–H and O–H groups in total. The summed E-state index contributed by atoms with van der Waals surface area (Å²) < 4.78 is 18.3. The Balaban J connectivity index is 1.67. The van der Waals surface area contributed by atoms with Crippen molar-refractivity contribution in [1.29, 1.82) is 0 Å². The lowest BCUT2D eigenvalue weighted by Crippen LogP contribution is -2.55. The normalized spacial score (nSPS) is 13.1. The maximum atomic E-state index is 14.0. The standard InChI is InChI=1S/C35H34N2O5/c1-24(31-23-37(22-25-10-6-5-7-11-25)32-13-9-8-12-30(31)32)35(34(39)42-4,27-16-20-29(41-3)21-17-27)36-33(38)26-14-18-28(40-2)19-15-26/h5-21,23-24H,22H2,1-4H3,(H,36,38)/t24-,35-/m0/s1. The summed E-state index contributed by atoms with van der Waals surface area (Å²) in [6, 6.07) is 32.2. The van der Waals surface area contributed by atoms with E-state index in [0.29, 0.717) is 29.2 Å². The van der Waals surface area contributed by atoms with Crippen molar-refractivity contribution in [2.45, 2.75) is 24.9 Å². The van der Waals surface area contributed by atoms with Crippen molar-refractivity contribution >= 4 is 22.8 Å². The van der Waals surface area contributed by atoms with Crippen molar-refractivity contribution in [3.8, 4) is 11.5 Å². The van der Waals surface area contributed by atoms with Gasteiger partial charge in [-0.3, -0.25) is 4.79 Å². The molecule has 0 aliphatic carbocycles. The zero-order valence-corrected chi connectivity index (χ0v) is 24.2. The van der Waals surface area contributed by atoms with Gasteiger partial charge in [0, 0.05) is 35.1 Å². The lowest BCUT2D eigenvalue weighted by Gasteiger charge is -2.38. The number of ether oxygens (including phenoxy) is 3. The molecular formula is C35H34N2O5. The van der Waals surface area contributed by atoms with E-state index in [-0.39, 0.29) is 0 Å². The Morgan fingerprint density at radius 3 is 2.00 bits per heavy atom. The molecule has 7 heteroatoms. The molecule has 0 saturated heterocycles. The summed E-state index contributed by atoms with van der Waals surface area (Å²) in [6.45, 7) is 2.60. The Labute approximate surface area is 245 Å². The van der Waals surface area contributed by atoms with Crippen LogP contribution in [0.15, 0.2) is 109 Å². The highest BCUT2D eigenvalue weighted by molar-refractivity contribution is 5.99. The predicted molar refractivity (Wildman–Crippen MR) is 163 cm³/mol. The maximum Gasteiger partial charge on any atom is 0.336 e. The number of nitrogens with zero attached hydrogens (tertiary/aromatic N) is 1. The molecule has 4 aromatic carbocycles. The van der Waals surface area contributed by atoms with Gasteiger partial charge in [0.25, 0.3) is 5.91 Å². The molecule has 214 valence electrons. The van der Waals surface area contributed by atoms with Gasteiger partial charge in [-0.1, -0.05) is 67.6 Å². The minimum Gasteiger partial charge on any atom is -0.497 e. The number of carbonyl (C=O) groups is 2. The highest BCUT2D eigenvalue weighted by atomic mass is 16.5. The zero-order chi connectivity index (χ0) is 29.7.